The van der Waals surface area contributed by atoms with Gasteiger partial charge in [0.15, 0.2) is 0 Å². The van der Waals surface area contributed by atoms with Crippen LogP contribution >= 0.6 is 0 Å². The van der Waals surface area contributed by atoms with Crippen molar-refractivity contribution < 1.29 is 0 Å². The van der Waals surface area contributed by atoms with Gasteiger partial charge in [-0.15, -0.1) is 0 Å². The number of hydrogen-bond acceptors (Lipinski definition) is 0. The molecule has 0 N–H and O–H groups in total. The molecule has 0 spiro atoms. The fourth-order valence-corrected chi connectivity index (χ4v) is 7.78. The molecule has 0 fully saturated rings. The first-order chi connectivity index (χ1) is 23.2. The predicted octanol–water partition coefficient (Wildman–Crippen LogP) is 13.3. The third kappa shape index (κ3) is 8.98. The van der Waals surface area contributed by atoms with E-state index in [0.717, 1.165) is 38.5 Å². The molecule has 0 aromatic heterocycles. The Hall–Kier alpha value is -4.68. The van der Waals surface area contributed by atoms with Crippen molar-refractivity contribution in [2.24, 2.45) is 0 Å². The molecule has 2 aliphatic carbocycles. The van der Waals surface area contributed by atoms with Gasteiger partial charge >= 0.3 is 0 Å². The summed E-state index contributed by atoms with van der Waals surface area (Å²) < 4.78 is 0. The van der Waals surface area contributed by atoms with Gasteiger partial charge in [0, 0.05) is 0 Å². The van der Waals surface area contributed by atoms with Gasteiger partial charge in [-0.3, -0.25) is 0 Å². The standard InChI is InChI=1S/2C24H24.3CH4/c2*1-16-4-7-19-14-23-11-18(3)6-9-21(23)15-24-12-17(2)5-8-20(24)13-22(19)10-16;;;/h2*4-12H,13-15H2,1-3H3;3*1H4. The Morgan fingerprint density at radius 2 is 0.353 bits per heavy atom. The van der Waals surface area contributed by atoms with Crippen LogP contribution in [0.25, 0.3) is 0 Å². The van der Waals surface area contributed by atoms with Crippen LogP contribution < -0.4 is 0 Å². The molecule has 264 valence electrons. The minimum Gasteiger partial charge on any atom is -0.0776 e. The van der Waals surface area contributed by atoms with E-state index < -0.39 is 0 Å². The molecular weight excluding hydrogens is 613 g/mol. The summed E-state index contributed by atoms with van der Waals surface area (Å²) >= 11 is 0. The van der Waals surface area contributed by atoms with E-state index in [1.807, 2.05) is 0 Å². The van der Waals surface area contributed by atoms with E-state index in [-0.39, 0.29) is 22.3 Å². The maximum Gasteiger partial charge on any atom is -0.00200 e. The van der Waals surface area contributed by atoms with Gasteiger partial charge in [0.2, 0.25) is 0 Å². The van der Waals surface area contributed by atoms with E-state index in [2.05, 4.69) is 151 Å². The number of rotatable bonds is 0. The van der Waals surface area contributed by atoms with Crippen molar-refractivity contribution >= 4 is 0 Å². The van der Waals surface area contributed by atoms with Gasteiger partial charge in [0.1, 0.15) is 0 Å². The van der Waals surface area contributed by atoms with Gasteiger partial charge in [-0.25, -0.2) is 0 Å². The second-order valence-electron chi connectivity index (χ2n) is 14.7. The zero-order valence-corrected chi connectivity index (χ0v) is 29.6. The summed E-state index contributed by atoms with van der Waals surface area (Å²) in [7, 11) is 0. The predicted molar refractivity (Wildman–Crippen MR) is 224 cm³/mol. The van der Waals surface area contributed by atoms with Crippen molar-refractivity contribution in [1.82, 2.24) is 0 Å². The van der Waals surface area contributed by atoms with Crippen LogP contribution in [-0.2, 0) is 38.5 Å². The highest BCUT2D eigenvalue weighted by Gasteiger charge is 2.17. The lowest BCUT2D eigenvalue weighted by atomic mass is 9.93. The highest BCUT2D eigenvalue weighted by Crippen LogP contribution is 2.30. The van der Waals surface area contributed by atoms with Gasteiger partial charge < -0.3 is 0 Å². The zero-order chi connectivity index (χ0) is 33.4. The Labute approximate surface area is 310 Å². The Morgan fingerprint density at radius 3 is 0.490 bits per heavy atom. The molecule has 0 heteroatoms. The lowest BCUT2D eigenvalue weighted by Gasteiger charge is -2.12. The summed E-state index contributed by atoms with van der Waals surface area (Å²) in [6, 6.07) is 41.7. The largest absolute Gasteiger partial charge is 0.0776 e. The highest BCUT2D eigenvalue weighted by atomic mass is 14.2. The molecule has 51 heavy (non-hydrogen) atoms. The first-order valence-corrected chi connectivity index (χ1v) is 17.7. The second-order valence-corrected chi connectivity index (χ2v) is 14.7. The van der Waals surface area contributed by atoms with E-state index in [1.165, 1.54) is 100 Å². The zero-order valence-electron chi connectivity index (χ0n) is 29.6. The average molecular weight is 673 g/mol. The normalized spacial score (nSPS) is 12.4. The molecule has 0 amide bonds. The van der Waals surface area contributed by atoms with Crippen LogP contribution in [0.1, 0.15) is 122 Å². The fourth-order valence-electron chi connectivity index (χ4n) is 7.78. The van der Waals surface area contributed by atoms with E-state index in [9.17, 15) is 0 Å². The smallest absolute Gasteiger partial charge is 0.00200 e. The molecule has 0 nitrogen and oxygen atoms in total. The topological polar surface area (TPSA) is 0 Å². The monoisotopic (exact) mass is 672 g/mol. The first-order valence-electron chi connectivity index (χ1n) is 17.7. The summed E-state index contributed by atoms with van der Waals surface area (Å²) in [5, 5.41) is 0. The SMILES string of the molecule is C.C.C.Cc1ccc2c(c1)Cc1ccc(C)cc1Cc1ccc(C)cc1C2.Cc1ccc2c(c1)Cc1ccc(C)cc1Cc1ccc(C)cc1C2. The summed E-state index contributed by atoms with van der Waals surface area (Å²) in [5.74, 6) is 0. The lowest BCUT2D eigenvalue weighted by molar-refractivity contribution is 1.08. The molecule has 6 aromatic rings. The second kappa shape index (κ2) is 16.6. The van der Waals surface area contributed by atoms with Crippen LogP contribution in [0.3, 0.4) is 0 Å². The summed E-state index contributed by atoms with van der Waals surface area (Å²) in [6.07, 6.45) is 6.25. The maximum absolute atomic E-state index is 2.37. The van der Waals surface area contributed by atoms with Gasteiger partial charge in [0.25, 0.3) is 0 Å². The molecule has 0 heterocycles. The van der Waals surface area contributed by atoms with Crippen molar-refractivity contribution in [2.75, 3.05) is 0 Å². The summed E-state index contributed by atoms with van der Waals surface area (Å²) in [5.41, 5.74) is 25.8. The summed E-state index contributed by atoms with van der Waals surface area (Å²) in [4.78, 5) is 0. The Balaban J connectivity index is 0.000000216. The Kier molecular flexibility index (Phi) is 12.7. The summed E-state index contributed by atoms with van der Waals surface area (Å²) in [6.45, 7) is 13.2. The third-order valence-corrected chi connectivity index (χ3v) is 10.5. The maximum atomic E-state index is 2.37. The van der Waals surface area contributed by atoms with Crippen LogP contribution in [0.4, 0.5) is 0 Å². The van der Waals surface area contributed by atoms with Crippen molar-refractivity contribution in [1.29, 1.82) is 0 Å². The van der Waals surface area contributed by atoms with Crippen LogP contribution in [-0.4, -0.2) is 0 Å². The highest BCUT2D eigenvalue weighted by molar-refractivity contribution is 5.49. The van der Waals surface area contributed by atoms with Crippen molar-refractivity contribution in [2.45, 2.75) is 102 Å². The van der Waals surface area contributed by atoms with Crippen molar-refractivity contribution in [3.05, 3.63) is 209 Å². The fraction of sp³-hybridized carbons (Fsp3) is 0.294. The molecule has 0 saturated carbocycles. The van der Waals surface area contributed by atoms with Crippen LogP contribution in [0, 0.1) is 41.5 Å². The molecule has 0 aliphatic heterocycles. The third-order valence-electron chi connectivity index (χ3n) is 10.5. The number of hydrogen-bond donors (Lipinski definition) is 0. The minimum absolute atomic E-state index is 0. The number of aryl methyl sites for hydroxylation is 6. The van der Waals surface area contributed by atoms with Crippen molar-refractivity contribution in [3.63, 3.8) is 0 Å². The number of benzene rings is 6. The van der Waals surface area contributed by atoms with Crippen LogP contribution in [0.15, 0.2) is 109 Å². The first kappa shape index (κ1) is 39.1. The van der Waals surface area contributed by atoms with Gasteiger partial charge in [-0.05, 0) is 147 Å². The number of fused-ring (bicyclic) bond motifs is 6. The minimum atomic E-state index is 0. The Bertz CT molecular complexity index is 1740. The van der Waals surface area contributed by atoms with E-state index in [4.69, 9.17) is 0 Å². The molecular formula is C51H60. The van der Waals surface area contributed by atoms with Gasteiger partial charge in [-0.1, -0.05) is 165 Å². The van der Waals surface area contributed by atoms with E-state index >= 15 is 0 Å². The van der Waals surface area contributed by atoms with Gasteiger partial charge in [0.05, 0.1) is 0 Å². The molecule has 8 rings (SSSR count). The van der Waals surface area contributed by atoms with E-state index in [0.29, 0.717) is 0 Å². The molecule has 6 aromatic carbocycles. The van der Waals surface area contributed by atoms with Crippen LogP contribution in [0.5, 0.6) is 0 Å². The molecule has 0 unspecified atom stereocenters. The molecule has 2 aliphatic rings. The molecule has 0 radical (unpaired) electrons. The molecule has 0 atom stereocenters. The van der Waals surface area contributed by atoms with E-state index in [1.54, 1.807) is 0 Å². The van der Waals surface area contributed by atoms with Crippen LogP contribution in [0.2, 0.25) is 0 Å². The molecule has 0 bridgehead atoms. The Morgan fingerprint density at radius 1 is 0.216 bits per heavy atom. The van der Waals surface area contributed by atoms with Gasteiger partial charge in [-0.2, -0.15) is 0 Å². The average Bonchev–Trinajstić information content (AvgIpc) is 3.15. The van der Waals surface area contributed by atoms with Crippen molar-refractivity contribution in [3.8, 4) is 0 Å². The molecule has 0 saturated heterocycles. The lowest BCUT2D eigenvalue weighted by Crippen LogP contribution is -1.98. The quantitative estimate of drug-likeness (QED) is 0.150.